The van der Waals surface area contributed by atoms with E-state index in [0.717, 1.165) is 18.8 Å². The van der Waals surface area contributed by atoms with Crippen molar-refractivity contribution in [3.8, 4) is 5.75 Å². The van der Waals surface area contributed by atoms with Crippen LogP contribution in [-0.4, -0.2) is 6.54 Å². The van der Waals surface area contributed by atoms with Gasteiger partial charge in [-0.1, -0.05) is 50.1 Å². The fraction of sp³-hybridized carbons (Fsp3) is 0.368. The molecule has 0 heterocycles. The molecule has 3 heteroatoms. The first-order valence-corrected chi connectivity index (χ1v) is 7.95. The zero-order chi connectivity index (χ0) is 15.6. The van der Waals surface area contributed by atoms with Gasteiger partial charge in [0.05, 0.1) is 0 Å². The number of ether oxygens (including phenoxy) is 1. The number of rotatable bonds is 9. The molecular formula is C19H24FNO. The van der Waals surface area contributed by atoms with E-state index in [1.807, 2.05) is 24.3 Å². The van der Waals surface area contributed by atoms with E-state index in [4.69, 9.17) is 4.74 Å². The van der Waals surface area contributed by atoms with Crippen molar-refractivity contribution < 1.29 is 9.13 Å². The van der Waals surface area contributed by atoms with E-state index in [-0.39, 0.29) is 12.4 Å². The van der Waals surface area contributed by atoms with Gasteiger partial charge in [-0.3, -0.25) is 0 Å². The summed E-state index contributed by atoms with van der Waals surface area (Å²) in [5.41, 5.74) is 1.76. The van der Waals surface area contributed by atoms with Gasteiger partial charge in [0, 0.05) is 12.1 Å². The van der Waals surface area contributed by atoms with Crippen LogP contribution in [0.3, 0.4) is 0 Å². The van der Waals surface area contributed by atoms with Crippen LogP contribution < -0.4 is 10.1 Å². The molecule has 0 aliphatic heterocycles. The molecule has 0 atom stereocenters. The first kappa shape index (κ1) is 16.5. The highest BCUT2D eigenvalue weighted by atomic mass is 19.1. The summed E-state index contributed by atoms with van der Waals surface area (Å²) in [7, 11) is 0. The summed E-state index contributed by atoms with van der Waals surface area (Å²) < 4.78 is 19.2. The fourth-order valence-electron chi connectivity index (χ4n) is 2.25. The fourth-order valence-corrected chi connectivity index (χ4v) is 2.25. The van der Waals surface area contributed by atoms with Gasteiger partial charge < -0.3 is 10.1 Å². The van der Waals surface area contributed by atoms with Gasteiger partial charge in [0.1, 0.15) is 18.2 Å². The summed E-state index contributed by atoms with van der Waals surface area (Å²) in [6.45, 7) is 4.32. The van der Waals surface area contributed by atoms with Crippen LogP contribution in [0.15, 0.2) is 48.5 Å². The SMILES string of the molecule is CCCCCNCc1cccc(OCc2ccccc2F)c1. The van der Waals surface area contributed by atoms with Gasteiger partial charge in [0.2, 0.25) is 0 Å². The molecule has 0 saturated heterocycles. The molecule has 22 heavy (non-hydrogen) atoms. The van der Waals surface area contributed by atoms with Crippen LogP contribution in [0.2, 0.25) is 0 Å². The highest BCUT2D eigenvalue weighted by molar-refractivity contribution is 5.29. The van der Waals surface area contributed by atoms with Crippen LogP contribution in [0.25, 0.3) is 0 Å². The van der Waals surface area contributed by atoms with E-state index in [1.54, 1.807) is 12.1 Å². The van der Waals surface area contributed by atoms with Gasteiger partial charge in [-0.2, -0.15) is 0 Å². The Morgan fingerprint density at radius 3 is 2.73 bits per heavy atom. The van der Waals surface area contributed by atoms with Crippen molar-refractivity contribution in [2.45, 2.75) is 39.3 Å². The molecule has 2 aromatic rings. The summed E-state index contributed by atoms with van der Waals surface area (Å²) in [5.74, 6) is 0.548. The van der Waals surface area contributed by atoms with Crippen molar-refractivity contribution in [1.82, 2.24) is 5.32 Å². The van der Waals surface area contributed by atoms with E-state index in [9.17, 15) is 4.39 Å². The third kappa shape index (κ3) is 5.49. The van der Waals surface area contributed by atoms with Gasteiger partial charge in [-0.15, -0.1) is 0 Å². The zero-order valence-corrected chi connectivity index (χ0v) is 13.1. The predicted molar refractivity (Wildman–Crippen MR) is 88.4 cm³/mol. The number of benzene rings is 2. The average Bonchev–Trinajstić information content (AvgIpc) is 2.54. The molecule has 2 aromatic carbocycles. The Labute approximate surface area is 132 Å². The van der Waals surface area contributed by atoms with E-state index in [0.29, 0.717) is 5.56 Å². The second-order valence-electron chi connectivity index (χ2n) is 5.41. The molecule has 2 nitrogen and oxygen atoms in total. The molecule has 118 valence electrons. The molecule has 1 N–H and O–H groups in total. The zero-order valence-electron chi connectivity index (χ0n) is 13.1. The van der Waals surface area contributed by atoms with Crippen molar-refractivity contribution in [1.29, 1.82) is 0 Å². The largest absolute Gasteiger partial charge is 0.489 e. The Bertz CT molecular complexity index is 571. The molecule has 0 amide bonds. The van der Waals surface area contributed by atoms with Crippen molar-refractivity contribution in [3.05, 3.63) is 65.5 Å². The van der Waals surface area contributed by atoms with Crippen molar-refractivity contribution >= 4 is 0 Å². The Hall–Kier alpha value is -1.87. The maximum atomic E-state index is 13.5. The van der Waals surface area contributed by atoms with Crippen LogP contribution in [-0.2, 0) is 13.2 Å². The summed E-state index contributed by atoms with van der Waals surface area (Å²) >= 11 is 0. The second kappa shape index (κ2) is 9.21. The van der Waals surface area contributed by atoms with Crippen LogP contribution in [0.5, 0.6) is 5.75 Å². The minimum absolute atomic E-state index is 0.226. The third-order valence-electron chi connectivity index (χ3n) is 3.54. The van der Waals surface area contributed by atoms with Gasteiger partial charge in [-0.25, -0.2) is 4.39 Å². The number of hydrogen-bond acceptors (Lipinski definition) is 2. The first-order chi connectivity index (χ1) is 10.8. The summed E-state index contributed by atoms with van der Waals surface area (Å²) in [5, 5.41) is 3.43. The van der Waals surface area contributed by atoms with Crippen LogP contribution >= 0.6 is 0 Å². The van der Waals surface area contributed by atoms with E-state index in [1.165, 1.54) is 30.9 Å². The van der Waals surface area contributed by atoms with E-state index in [2.05, 4.69) is 18.3 Å². The number of hydrogen-bond donors (Lipinski definition) is 1. The summed E-state index contributed by atoms with van der Waals surface area (Å²) in [6.07, 6.45) is 3.71. The second-order valence-corrected chi connectivity index (χ2v) is 5.41. The Balaban J connectivity index is 1.82. The Morgan fingerprint density at radius 2 is 1.91 bits per heavy atom. The summed E-state index contributed by atoms with van der Waals surface area (Å²) in [6, 6.07) is 14.7. The average molecular weight is 301 g/mol. The van der Waals surface area contributed by atoms with Gasteiger partial charge in [0.15, 0.2) is 0 Å². The minimum Gasteiger partial charge on any atom is -0.489 e. The van der Waals surface area contributed by atoms with Gasteiger partial charge in [0.25, 0.3) is 0 Å². The molecule has 0 fully saturated rings. The highest BCUT2D eigenvalue weighted by Crippen LogP contribution is 2.16. The standard InChI is InChI=1S/C19H24FNO/c1-2-3-6-12-21-14-16-8-7-10-18(13-16)22-15-17-9-4-5-11-19(17)20/h4-5,7-11,13,21H,2-3,6,12,14-15H2,1H3. The third-order valence-corrected chi connectivity index (χ3v) is 3.54. The molecule has 0 spiro atoms. The highest BCUT2D eigenvalue weighted by Gasteiger charge is 2.02. The maximum absolute atomic E-state index is 13.5. The monoisotopic (exact) mass is 301 g/mol. The number of nitrogens with one attached hydrogen (secondary N) is 1. The predicted octanol–water partition coefficient (Wildman–Crippen LogP) is 4.68. The summed E-state index contributed by atoms with van der Waals surface area (Å²) in [4.78, 5) is 0. The lowest BCUT2D eigenvalue weighted by Gasteiger charge is -2.09. The molecule has 0 aromatic heterocycles. The lowest BCUT2D eigenvalue weighted by molar-refractivity contribution is 0.299. The molecule has 0 unspecified atom stereocenters. The number of unbranched alkanes of at least 4 members (excludes halogenated alkanes) is 2. The number of halogens is 1. The molecule has 0 radical (unpaired) electrons. The molecule has 0 aliphatic carbocycles. The molecule has 2 rings (SSSR count). The lowest BCUT2D eigenvalue weighted by atomic mass is 10.2. The molecule has 0 aliphatic rings. The van der Waals surface area contributed by atoms with Crippen LogP contribution in [0, 0.1) is 5.82 Å². The Morgan fingerprint density at radius 1 is 1.05 bits per heavy atom. The van der Waals surface area contributed by atoms with E-state index >= 15 is 0 Å². The van der Waals surface area contributed by atoms with E-state index < -0.39 is 0 Å². The van der Waals surface area contributed by atoms with Crippen molar-refractivity contribution in [2.75, 3.05) is 6.54 Å². The van der Waals surface area contributed by atoms with Crippen LogP contribution in [0.4, 0.5) is 4.39 Å². The normalized spacial score (nSPS) is 10.6. The maximum Gasteiger partial charge on any atom is 0.129 e. The smallest absolute Gasteiger partial charge is 0.129 e. The molecule has 0 saturated carbocycles. The first-order valence-electron chi connectivity index (χ1n) is 7.95. The van der Waals surface area contributed by atoms with Crippen molar-refractivity contribution in [2.24, 2.45) is 0 Å². The van der Waals surface area contributed by atoms with Crippen molar-refractivity contribution in [3.63, 3.8) is 0 Å². The molecule has 0 bridgehead atoms. The lowest BCUT2D eigenvalue weighted by Crippen LogP contribution is -2.14. The molecular weight excluding hydrogens is 277 g/mol. The quantitative estimate of drug-likeness (QED) is 0.679. The van der Waals surface area contributed by atoms with Gasteiger partial charge in [-0.05, 0) is 36.7 Å². The van der Waals surface area contributed by atoms with Gasteiger partial charge >= 0.3 is 0 Å². The Kier molecular flexibility index (Phi) is 6.91. The van der Waals surface area contributed by atoms with Crippen LogP contribution in [0.1, 0.15) is 37.3 Å². The topological polar surface area (TPSA) is 21.3 Å². The minimum atomic E-state index is -0.226.